The summed E-state index contributed by atoms with van der Waals surface area (Å²) in [6.07, 6.45) is 26.6. The van der Waals surface area contributed by atoms with E-state index in [9.17, 15) is 10.2 Å². The van der Waals surface area contributed by atoms with E-state index in [4.69, 9.17) is 0 Å². The normalized spacial score (nSPS) is 12.4. The topological polar surface area (TPSA) is 91.0 Å². The molecule has 2 heterocycles. The average Bonchev–Trinajstić information content (AvgIpc) is 2.18. The van der Waals surface area contributed by atoms with E-state index in [1.807, 2.05) is 122 Å². The molecule has 0 atom stereocenters. The molecule has 1 aliphatic rings. The Hall–Kier alpha value is -7.72. The fraction of sp³-hybridized carbons (Fsp3) is 0.273. The Morgan fingerprint density at radius 1 is 0.482 bits per heavy atom. The Bertz CT molecular complexity index is 3330. The number of phenolic OH excluding ortho intramolecular Hbond substituents is 2. The van der Waals surface area contributed by atoms with Crippen molar-refractivity contribution >= 4 is 12.4 Å². The number of benzene rings is 6. The molecule has 0 aliphatic heterocycles. The number of aromatic nitrogens is 2. The van der Waals surface area contributed by atoms with Gasteiger partial charge in [-0.3, -0.25) is 9.98 Å². The number of nitrogens with zero attached hydrogens (tertiary/aromatic N) is 4. The minimum Gasteiger partial charge on any atom is -0.507 e. The predicted molar refractivity (Wildman–Crippen MR) is 346 cm³/mol. The molecule has 8 aromatic rings. The maximum Gasteiger partial charge on any atom is 0.124 e. The number of rotatable bonds is 24. The van der Waals surface area contributed by atoms with Crippen LogP contribution in [0.1, 0.15) is 139 Å². The van der Waals surface area contributed by atoms with E-state index in [-0.39, 0.29) is 51.7 Å². The number of phenols is 2. The molecule has 0 spiro atoms. The summed E-state index contributed by atoms with van der Waals surface area (Å²) in [5, 5.41) is 21.6. The number of aromatic hydroxyl groups is 2. The molecule has 438 valence electrons. The van der Waals surface area contributed by atoms with Crippen molar-refractivity contribution in [3.63, 3.8) is 0 Å². The smallest absolute Gasteiger partial charge is 0.124 e. The zero-order chi connectivity index (χ0) is 58.2. The number of aliphatic imine (C=N–C) groups is 2. The van der Waals surface area contributed by atoms with Gasteiger partial charge >= 0.3 is 0 Å². The second-order valence-corrected chi connectivity index (χ2v) is 20.7. The van der Waals surface area contributed by atoms with Gasteiger partial charge in [0.2, 0.25) is 0 Å². The van der Waals surface area contributed by atoms with Crippen molar-refractivity contribution in [3.05, 3.63) is 252 Å². The minimum atomic E-state index is -0.506. The molecule has 0 fully saturated rings. The summed E-state index contributed by atoms with van der Waals surface area (Å²) >= 11 is 0. The summed E-state index contributed by atoms with van der Waals surface area (Å²) in [5.74, 6) is 0.460. The minimum absolute atomic E-state index is 0. The molecule has 6 aromatic carbocycles. The van der Waals surface area contributed by atoms with Gasteiger partial charge in [-0.15, -0.1) is 71.8 Å². The van der Waals surface area contributed by atoms with Crippen LogP contribution in [0, 0.1) is 12.1 Å². The Morgan fingerprint density at radius 2 is 0.918 bits per heavy atom. The molecule has 0 bridgehead atoms. The van der Waals surface area contributed by atoms with Crippen LogP contribution >= 0.6 is 0 Å². The van der Waals surface area contributed by atoms with Crippen molar-refractivity contribution < 1.29 is 50.4 Å². The van der Waals surface area contributed by atoms with Crippen molar-refractivity contribution in [1.29, 1.82) is 0 Å². The van der Waals surface area contributed by atoms with E-state index in [2.05, 4.69) is 136 Å². The third-order valence-electron chi connectivity index (χ3n) is 14.6. The number of hydrogen-bond donors (Lipinski definition) is 2. The van der Waals surface area contributed by atoms with Crippen molar-refractivity contribution in [1.82, 2.24) is 9.97 Å². The second kappa shape index (κ2) is 38.3. The van der Waals surface area contributed by atoms with Crippen LogP contribution < -0.4 is 0 Å². The van der Waals surface area contributed by atoms with Gasteiger partial charge in [0.15, 0.2) is 0 Å². The maximum absolute atomic E-state index is 10.8. The van der Waals surface area contributed by atoms with Crippen molar-refractivity contribution in [2.45, 2.75) is 122 Å². The summed E-state index contributed by atoms with van der Waals surface area (Å²) in [7, 11) is 0. The van der Waals surface area contributed by atoms with Crippen LogP contribution in [-0.2, 0) is 45.6 Å². The van der Waals surface area contributed by atoms with E-state index in [1.54, 1.807) is 24.5 Å². The number of pyridine rings is 2. The summed E-state index contributed by atoms with van der Waals surface area (Å²) in [5.41, 5.74) is 31.4. The molecule has 2 radical (unpaired) electrons. The molecule has 2 N–H and O–H groups in total. The van der Waals surface area contributed by atoms with E-state index in [0.29, 0.717) is 0 Å². The number of fused-ring (bicyclic) bond motifs is 3. The first-order valence-electron chi connectivity index (χ1n) is 29.7. The molecule has 0 amide bonds. The zero-order valence-electron chi connectivity index (χ0n) is 49.5. The van der Waals surface area contributed by atoms with Crippen LogP contribution in [0.15, 0.2) is 227 Å². The van der Waals surface area contributed by atoms with Gasteiger partial charge in [0.25, 0.3) is 0 Å². The van der Waals surface area contributed by atoms with Crippen LogP contribution in [0.4, 0.5) is 0 Å². The standard InChI is InChI=1S/C55H62N2O2.2C11H8N.2Ir/c1-5-9-13-17-19-21-33-55(34-22-20-18-14-10-6-2)51-39-45(43-27-31-53(58)47(37-43)41-56-35-23-15-11-7-3)25-29-49(51)50-30-26-46(40-52(50)55)44-28-32-54(59)48(38-44)42-57-36-24-16-12-8-4;2*1-2-6-10(7-3-1)11-8-4-5-9-12-11;;/h25-33,37-42,58-59H,1,6-8,10-12,14-16,18,20,22-24,34-36H2,2-4H3;2*1-6,8-9H;;/q;2*-1;;. The molecule has 0 saturated heterocycles. The number of allylic oxidation sites excluding steroid dienone is 1. The molecule has 9 rings (SSSR count). The molecular weight excluding hydrogens is 1400 g/mol. The largest absolute Gasteiger partial charge is 0.507 e. The Morgan fingerprint density at radius 3 is 1.36 bits per heavy atom. The van der Waals surface area contributed by atoms with Gasteiger partial charge in [-0.2, -0.15) is 0 Å². The van der Waals surface area contributed by atoms with Crippen LogP contribution in [-0.4, -0.2) is 45.7 Å². The molecule has 8 heteroatoms. The monoisotopic (exact) mass is 1480 g/mol. The summed E-state index contributed by atoms with van der Waals surface area (Å²) in [6.45, 7) is 11.8. The third-order valence-corrected chi connectivity index (χ3v) is 14.6. The molecule has 0 unspecified atom stereocenters. The van der Waals surface area contributed by atoms with Crippen LogP contribution in [0.2, 0.25) is 0 Å². The third kappa shape index (κ3) is 20.8. The van der Waals surface area contributed by atoms with Gasteiger partial charge in [0, 0.05) is 94.7 Å². The summed E-state index contributed by atoms with van der Waals surface area (Å²) in [6, 6.07) is 58.8. The van der Waals surface area contributed by atoms with Crippen molar-refractivity contribution in [3.8, 4) is 67.4 Å². The predicted octanol–water partition coefficient (Wildman–Crippen LogP) is 19.7. The molecular formula is C77H78Ir2N4O2-2. The summed E-state index contributed by atoms with van der Waals surface area (Å²) < 4.78 is 0. The van der Waals surface area contributed by atoms with E-state index < -0.39 is 5.41 Å². The Kier molecular flexibility index (Phi) is 30.6. The van der Waals surface area contributed by atoms with E-state index in [0.717, 1.165) is 101 Å². The Balaban J connectivity index is 0.000000412. The van der Waals surface area contributed by atoms with Gasteiger partial charge in [0.1, 0.15) is 11.5 Å². The quantitative estimate of drug-likeness (QED) is 0.0273. The van der Waals surface area contributed by atoms with Crippen LogP contribution in [0.5, 0.6) is 11.5 Å². The first-order valence-corrected chi connectivity index (χ1v) is 29.7. The van der Waals surface area contributed by atoms with Crippen LogP contribution in [0.3, 0.4) is 0 Å². The molecule has 2 aromatic heterocycles. The van der Waals surface area contributed by atoms with Crippen molar-refractivity contribution in [2.24, 2.45) is 9.98 Å². The molecule has 1 aliphatic carbocycles. The van der Waals surface area contributed by atoms with E-state index in [1.165, 1.54) is 86.5 Å². The SMILES string of the molecule is C=C=C=C=C=C=C=CC1(CCCCCCCC)c2cc(-c3ccc(O)c(C=NCCCCCC)c3)ccc2-c2ccc(-c3ccc(O)c(C=NCCCCCC)c3)cc21.[Ir].[Ir].[c-]1ccccc1-c1ccccn1.[c-]1ccccc1-c1ccccn1. The number of hydrogen-bond acceptors (Lipinski definition) is 6. The molecule has 85 heavy (non-hydrogen) atoms. The molecule has 0 saturated carbocycles. The number of unbranched alkanes of at least 4 members (excludes halogenated alkanes) is 11. The van der Waals surface area contributed by atoms with Gasteiger partial charge in [0.05, 0.1) is 0 Å². The summed E-state index contributed by atoms with van der Waals surface area (Å²) in [4.78, 5) is 17.8. The van der Waals surface area contributed by atoms with Crippen LogP contribution in [0.25, 0.3) is 55.9 Å². The maximum atomic E-state index is 10.8. The van der Waals surface area contributed by atoms with Gasteiger partial charge in [-0.05, 0) is 159 Å². The second-order valence-electron chi connectivity index (χ2n) is 20.7. The van der Waals surface area contributed by atoms with Gasteiger partial charge in [-0.1, -0.05) is 170 Å². The van der Waals surface area contributed by atoms with E-state index >= 15 is 0 Å². The zero-order valence-corrected chi connectivity index (χ0v) is 54.3. The molecule has 6 nitrogen and oxygen atoms in total. The van der Waals surface area contributed by atoms with Gasteiger partial charge < -0.3 is 20.2 Å². The fourth-order valence-corrected chi connectivity index (χ4v) is 10.2. The van der Waals surface area contributed by atoms with Gasteiger partial charge in [-0.25, -0.2) is 0 Å². The average molecular weight is 1480 g/mol. The van der Waals surface area contributed by atoms with Crippen molar-refractivity contribution in [2.75, 3.05) is 13.1 Å². The Labute approximate surface area is 533 Å². The fourth-order valence-electron chi connectivity index (χ4n) is 10.2. The first kappa shape index (κ1) is 68.1. The first-order chi connectivity index (χ1) is 40.9.